The molecule has 2 nitrogen and oxygen atoms in total. The van der Waals surface area contributed by atoms with Crippen molar-refractivity contribution >= 4 is 18.4 Å². The van der Waals surface area contributed by atoms with Gasteiger partial charge < -0.3 is 4.74 Å². The first-order valence-electron chi connectivity index (χ1n) is 7.36. The largest absolute Gasteiger partial charge is 0.496 e. The summed E-state index contributed by atoms with van der Waals surface area (Å²) in [5.74, 6) is 0.710. The molecule has 0 saturated carbocycles. The van der Waals surface area contributed by atoms with E-state index in [0.29, 0.717) is 11.3 Å². The fourth-order valence-electron chi connectivity index (χ4n) is 2.42. The van der Waals surface area contributed by atoms with Crippen LogP contribution in [0.15, 0.2) is 42.5 Å². The fraction of sp³-hybridized carbons (Fsp3) is 0.250. The molecule has 0 aliphatic carbocycles. The number of hydrogen-bond acceptors (Lipinski definition) is 2. The minimum Gasteiger partial charge on any atom is -0.496 e. The highest BCUT2D eigenvalue weighted by Gasteiger charge is 2.20. The lowest BCUT2D eigenvalue weighted by Gasteiger charge is -2.22. The summed E-state index contributed by atoms with van der Waals surface area (Å²) < 4.78 is 5.43. The van der Waals surface area contributed by atoms with Crippen LogP contribution in [0.25, 0.3) is 12.2 Å². The molecule has 0 saturated heterocycles. The highest BCUT2D eigenvalue weighted by Crippen LogP contribution is 2.32. The first-order valence-corrected chi connectivity index (χ1v) is 7.36. The van der Waals surface area contributed by atoms with Crippen LogP contribution in [0.3, 0.4) is 0 Å². The zero-order chi connectivity index (χ0) is 16.2. The second-order valence-electron chi connectivity index (χ2n) is 6.29. The summed E-state index contributed by atoms with van der Waals surface area (Å²) in [5, 5.41) is 0. The molecule has 2 rings (SSSR count). The van der Waals surface area contributed by atoms with Crippen LogP contribution < -0.4 is 4.74 Å². The minimum atomic E-state index is -0.0994. The highest BCUT2D eigenvalue weighted by atomic mass is 16.5. The van der Waals surface area contributed by atoms with Crippen LogP contribution in [0.5, 0.6) is 5.75 Å². The molecule has 0 unspecified atom stereocenters. The Kier molecular flexibility index (Phi) is 4.81. The number of aldehydes is 1. The van der Waals surface area contributed by atoms with Crippen LogP contribution in [0.1, 0.15) is 47.8 Å². The molecule has 0 aliphatic rings. The Morgan fingerprint density at radius 1 is 0.955 bits per heavy atom. The van der Waals surface area contributed by atoms with Gasteiger partial charge in [0.1, 0.15) is 12.0 Å². The maximum absolute atomic E-state index is 11.4. The molecule has 0 aliphatic heterocycles. The van der Waals surface area contributed by atoms with Crippen LogP contribution in [0, 0.1) is 0 Å². The van der Waals surface area contributed by atoms with Crippen molar-refractivity contribution in [1.29, 1.82) is 0 Å². The predicted octanol–water partition coefficient (Wildman–Crippen LogP) is 4.98. The van der Waals surface area contributed by atoms with Crippen LogP contribution >= 0.6 is 0 Å². The van der Waals surface area contributed by atoms with Gasteiger partial charge in [0.15, 0.2) is 0 Å². The van der Waals surface area contributed by atoms with Crippen LogP contribution in [0.2, 0.25) is 0 Å². The lowest BCUT2D eigenvalue weighted by molar-refractivity contribution is 0.112. The fourth-order valence-corrected chi connectivity index (χ4v) is 2.42. The van der Waals surface area contributed by atoms with E-state index in [2.05, 4.69) is 20.8 Å². The van der Waals surface area contributed by atoms with Crippen molar-refractivity contribution in [3.63, 3.8) is 0 Å². The summed E-state index contributed by atoms with van der Waals surface area (Å²) in [7, 11) is 1.63. The molecule has 2 aromatic carbocycles. The van der Waals surface area contributed by atoms with E-state index in [1.807, 2.05) is 54.6 Å². The van der Waals surface area contributed by atoms with Gasteiger partial charge in [-0.2, -0.15) is 0 Å². The quantitative estimate of drug-likeness (QED) is 0.587. The van der Waals surface area contributed by atoms with Crippen molar-refractivity contribution < 1.29 is 9.53 Å². The van der Waals surface area contributed by atoms with Gasteiger partial charge in [-0.15, -0.1) is 0 Å². The Bertz CT molecular complexity index is 677. The summed E-state index contributed by atoms with van der Waals surface area (Å²) in [6.45, 7) is 6.31. The third-order valence-corrected chi connectivity index (χ3v) is 3.59. The number of benzene rings is 2. The van der Waals surface area contributed by atoms with E-state index >= 15 is 0 Å². The minimum absolute atomic E-state index is 0.0994. The summed E-state index contributed by atoms with van der Waals surface area (Å²) in [5.41, 5.74) is 3.71. The third-order valence-electron chi connectivity index (χ3n) is 3.59. The van der Waals surface area contributed by atoms with Crippen molar-refractivity contribution in [2.75, 3.05) is 7.11 Å². The second-order valence-corrected chi connectivity index (χ2v) is 6.29. The van der Waals surface area contributed by atoms with Gasteiger partial charge in [0, 0.05) is 11.1 Å². The average molecular weight is 294 g/mol. The zero-order valence-corrected chi connectivity index (χ0v) is 13.6. The van der Waals surface area contributed by atoms with E-state index in [9.17, 15) is 4.79 Å². The van der Waals surface area contributed by atoms with Gasteiger partial charge in [-0.1, -0.05) is 63.3 Å². The highest BCUT2D eigenvalue weighted by molar-refractivity contribution is 5.82. The van der Waals surface area contributed by atoms with E-state index in [1.54, 1.807) is 7.11 Å². The maximum Gasteiger partial charge on any atom is 0.150 e. The third kappa shape index (κ3) is 3.64. The average Bonchev–Trinajstić information content (AvgIpc) is 2.52. The molecular weight excluding hydrogens is 272 g/mol. The molecule has 0 heterocycles. The summed E-state index contributed by atoms with van der Waals surface area (Å²) in [6.07, 6.45) is 4.97. The number of ether oxygens (including phenoxy) is 1. The van der Waals surface area contributed by atoms with Crippen molar-refractivity contribution in [1.82, 2.24) is 0 Å². The van der Waals surface area contributed by atoms with Gasteiger partial charge in [-0.05, 0) is 28.7 Å². The Labute approximate surface area is 132 Å². The Hall–Kier alpha value is -2.35. The van der Waals surface area contributed by atoms with Gasteiger partial charge in [-0.25, -0.2) is 0 Å². The van der Waals surface area contributed by atoms with Gasteiger partial charge in [0.2, 0.25) is 0 Å². The summed E-state index contributed by atoms with van der Waals surface area (Å²) in [4.78, 5) is 11.4. The van der Waals surface area contributed by atoms with Crippen LogP contribution in [-0.4, -0.2) is 13.4 Å². The molecule has 22 heavy (non-hydrogen) atoms. The van der Waals surface area contributed by atoms with E-state index in [-0.39, 0.29) is 5.41 Å². The molecular formula is C20H22O2. The van der Waals surface area contributed by atoms with E-state index in [0.717, 1.165) is 23.0 Å². The maximum atomic E-state index is 11.4. The van der Waals surface area contributed by atoms with E-state index in [4.69, 9.17) is 4.74 Å². The Morgan fingerprint density at radius 3 is 2.18 bits per heavy atom. The molecule has 0 fully saturated rings. The molecule has 0 radical (unpaired) electrons. The number of carbonyl (C=O) groups excluding carboxylic acids is 1. The van der Waals surface area contributed by atoms with Crippen LogP contribution in [0.4, 0.5) is 0 Å². The Morgan fingerprint density at radius 2 is 1.64 bits per heavy atom. The number of methoxy groups -OCH3 is 1. The molecule has 114 valence electrons. The standard InChI is InChI=1S/C20H22O2/c1-20(2,3)18-12-16(19(22-4)13-17(18)14-21)11-10-15-8-6-5-7-9-15/h5-14H,1-4H3. The van der Waals surface area contributed by atoms with Crippen molar-refractivity contribution in [3.8, 4) is 5.75 Å². The van der Waals surface area contributed by atoms with Crippen LogP contribution in [-0.2, 0) is 5.41 Å². The molecule has 2 aromatic rings. The van der Waals surface area contributed by atoms with E-state index in [1.165, 1.54) is 0 Å². The second kappa shape index (κ2) is 6.61. The summed E-state index contributed by atoms with van der Waals surface area (Å²) in [6, 6.07) is 14.0. The normalized spacial score (nSPS) is 11.6. The van der Waals surface area contributed by atoms with Crippen molar-refractivity contribution in [2.24, 2.45) is 0 Å². The van der Waals surface area contributed by atoms with Crippen molar-refractivity contribution in [2.45, 2.75) is 26.2 Å². The topological polar surface area (TPSA) is 26.3 Å². The van der Waals surface area contributed by atoms with E-state index < -0.39 is 0 Å². The zero-order valence-electron chi connectivity index (χ0n) is 13.6. The summed E-state index contributed by atoms with van der Waals surface area (Å²) >= 11 is 0. The first-order chi connectivity index (χ1) is 10.5. The number of carbonyl (C=O) groups is 1. The Balaban J connectivity index is 2.50. The lowest BCUT2D eigenvalue weighted by atomic mass is 9.83. The number of hydrogen-bond donors (Lipinski definition) is 0. The van der Waals surface area contributed by atoms with Gasteiger partial charge in [0.25, 0.3) is 0 Å². The SMILES string of the molecule is COc1cc(C=O)c(C(C)(C)C)cc1C=Cc1ccccc1. The molecule has 0 bridgehead atoms. The molecule has 2 heteroatoms. The smallest absolute Gasteiger partial charge is 0.150 e. The molecule has 0 N–H and O–H groups in total. The molecule has 0 spiro atoms. The number of rotatable bonds is 4. The van der Waals surface area contributed by atoms with Gasteiger partial charge >= 0.3 is 0 Å². The van der Waals surface area contributed by atoms with Gasteiger partial charge in [-0.3, -0.25) is 4.79 Å². The first kappa shape index (κ1) is 16.0. The van der Waals surface area contributed by atoms with Gasteiger partial charge in [0.05, 0.1) is 7.11 Å². The monoisotopic (exact) mass is 294 g/mol. The van der Waals surface area contributed by atoms with Crippen molar-refractivity contribution in [3.05, 3.63) is 64.7 Å². The lowest BCUT2D eigenvalue weighted by Crippen LogP contribution is -2.14. The molecule has 0 amide bonds. The molecule has 0 aromatic heterocycles. The predicted molar refractivity (Wildman–Crippen MR) is 92.5 cm³/mol. The molecule has 0 atom stereocenters.